The van der Waals surface area contributed by atoms with Gasteiger partial charge in [0.15, 0.2) is 0 Å². The van der Waals surface area contributed by atoms with Crippen LogP contribution in [0.2, 0.25) is 5.28 Å². The first kappa shape index (κ1) is 9.02. The van der Waals surface area contributed by atoms with Gasteiger partial charge in [-0.25, -0.2) is 14.4 Å². The summed E-state index contributed by atoms with van der Waals surface area (Å²) in [5.74, 6) is -0.575. The van der Waals surface area contributed by atoms with E-state index in [0.29, 0.717) is 11.7 Å². The Bertz CT molecular complexity index is 515. The van der Waals surface area contributed by atoms with E-state index in [4.69, 9.17) is 11.6 Å². The molecule has 5 heteroatoms. The van der Waals surface area contributed by atoms with Gasteiger partial charge in [-0.15, -0.1) is 0 Å². The lowest BCUT2D eigenvalue weighted by atomic mass is 10.1. The first-order valence-electron chi connectivity index (χ1n) is 3.77. The molecule has 0 saturated heterocycles. The maximum Gasteiger partial charge on any atom is 0.223 e. The summed E-state index contributed by atoms with van der Waals surface area (Å²) in [6, 6.07) is 2.61. The Labute approximate surface area is 83.5 Å². The average molecular weight is 211 g/mol. The molecule has 0 spiro atoms. The minimum absolute atomic E-state index is 0.0183. The zero-order valence-corrected chi connectivity index (χ0v) is 7.62. The summed E-state index contributed by atoms with van der Waals surface area (Å²) < 4.78 is 13.3. The van der Waals surface area contributed by atoms with E-state index >= 15 is 0 Å². The molecule has 0 amide bonds. The molecular weight excluding hydrogens is 207 g/mol. The van der Waals surface area contributed by atoms with E-state index < -0.39 is 5.82 Å². The fraction of sp³-hybridized carbons (Fsp3) is 0. The van der Waals surface area contributed by atoms with Gasteiger partial charge in [0.05, 0.1) is 0 Å². The second kappa shape index (κ2) is 3.31. The van der Waals surface area contributed by atoms with Crippen molar-refractivity contribution >= 4 is 28.8 Å². The van der Waals surface area contributed by atoms with E-state index in [1.165, 1.54) is 12.3 Å². The standard InChI is InChI=1S/C9H4ClFN2O/c10-9-12-3-6-1-5(4-14)2-7(11)8(6)13-9/h1-4H. The monoisotopic (exact) mass is 210 g/mol. The maximum absolute atomic E-state index is 13.3. The molecule has 1 heterocycles. The van der Waals surface area contributed by atoms with Crippen molar-refractivity contribution in [2.75, 3.05) is 0 Å². The van der Waals surface area contributed by atoms with E-state index in [0.717, 1.165) is 6.07 Å². The highest BCUT2D eigenvalue weighted by molar-refractivity contribution is 6.28. The zero-order valence-electron chi connectivity index (χ0n) is 6.87. The van der Waals surface area contributed by atoms with E-state index in [1.807, 2.05) is 0 Å². The van der Waals surface area contributed by atoms with E-state index in [2.05, 4.69) is 9.97 Å². The Morgan fingerprint density at radius 2 is 2.21 bits per heavy atom. The van der Waals surface area contributed by atoms with Crippen LogP contribution in [0.1, 0.15) is 10.4 Å². The SMILES string of the molecule is O=Cc1cc(F)c2nc(Cl)ncc2c1. The minimum atomic E-state index is -0.575. The smallest absolute Gasteiger partial charge is 0.223 e. The Hall–Kier alpha value is -1.55. The summed E-state index contributed by atoms with van der Waals surface area (Å²) in [4.78, 5) is 17.8. The lowest BCUT2D eigenvalue weighted by Gasteiger charge is -1.99. The average Bonchev–Trinajstić information content (AvgIpc) is 2.19. The van der Waals surface area contributed by atoms with E-state index in [-0.39, 0.29) is 16.4 Å². The molecule has 0 radical (unpaired) electrons. The van der Waals surface area contributed by atoms with Crippen molar-refractivity contribution in [1.29, 1.82) is 0 Å². The third kappa shape index (κ3) is 1.44. The van der Waals surface area contributed by atoms with Crippen molar-refractivity contribution in [2.45, 2.75) is 0 Å². The molecule has 1 aromatic carbocycles. The Balaban J connectivity index is 2.82. The third-order valence-electron chi connectivity index (χ3n) is 1.77. The van der Waals surface area contributed by atoms with Crippen LogP contribution in [0, 0.1) is 5.82 Å². The number of halogens is 2. The summed E-state index contributed by atoms with van der Waals surface area (Å²) in [5.41, 5.74) is 0.372. The molecule has 1 aromatic heterocycles. The number of hydrogen-bond acceptors (Lipinski definition) is 3. The molecule has 0 N–H and O–H groups in total. The molecule has 0 aliphatic heterocycles. The lowest BCUT2D eigenvalue weighted by molar-refractivity contribution is 0.112. The Kier molecular flexibility index (Phi) is 2.13. The molecule has 0 bridgehead atoms. The molecule has 2 aromatic rings. The normalized spacial score (nSPS) is 10.4. The molecule has 0 aliphatic carbocycles. The van der Waals surface area contributed by atoms with E-state index in [9.17, 15) is 9.18 Å². The molecule has 2 rings (SSSR count). The van der Waals surface area contributed by atoms with Gasteiger partial charge in [-0.2, -0.15) is 0 Å². The van der Waals surface area contributed by atoms with Crippen LogP contribution in [0.3, 0.4) is 0 Å². The van der Waals surface area contributed by atoms with Gasteiger partial charge in [0.1, 0.15) is 17.6 Å². The Morgan fingerprint density at radius 3 is 2.93 bits per heavy atom. The summed E-state index contributed by atoms with van der Waals surface area (Å²) >= 11 is 5.51. The van der Waals surface area contributed by atoms with Crippen LogP contribution in [0.5, 0.6) is 0 Å². The predicted octanol–water partition coefficient (Wildman–Crippen LogP) is 2.23. The zero-order chi connectivity index (χ0) is 10.1. The van der Waals surface area contributed by atoms with Gasteiger partial charge in [0.25, 0.3) is 0 Å². The Morgan fingerprint density at radius 1 is 1.43 bits per heavy atom. The van der Waals surface area contributed by atoms with Gasteiger partial charge >= 0.3 is 0 Å². The molecular formula is C9H4ClFN2O. The second-order valence-corrected chi connectivity index (χ2v) is 3.04. The lowest BCUT2D eigenvalue weighted by Crippen LogP contribution is -1.90. The van der Waals surface area contributed by atoms with Gasteiger partial charge in [-0.1, -0.05) is 0 Å². The van der Waals surface area contributed by atoms with Gasteiger partial charge in [-0.05, 0) is 23.7 Å². The quantitative estimate of drug-likeness (QED) is 0.536. The number of aromatic nitrogens is 2. The van der Waals surface area contributed by atoms with Gasteiger partial charge in [0, 0.05) is 17.1 Å². The van der Waals surface area contributed by atoms with Crippen LogP contribution in [0.25, 0.3) is 10.9 Å². The molecule has 0 saturated carbocycles. The maximum atomic E-state index is 13.3. The molecule has 0 atom stereocenters. The number of benzene rings is 1. The van der Waals surface area contributed by atoms with Crippen LogP contribution in [-0.4, -0.2) is 16.3 Å². The van der Waals surface area contributed by atoms with Crippen LogP contribution in [-0.2, 0) is 0 Å². The van der Waals surface area contributed by atoms with Crippen molar-refractivity contribution in [1.82, 2.24) is 9.97 Å². The molecule has 14 heavy (non-hydrogen) atoms. The van der Waals surface area contributed by atoms with Gasteiger partial charge in [-0.3, -0.25) is 4.79 Å². The number of fused-ring (bicyclic) bond motifs is 1. The highest BCUT2D eigenvalue weighted by Gasteiger charge is 2.05. The molecule has 0 unspecified atom stereocenters. The first-order valence-corrected chi connectivity index (χ1v) is 4.15. The fourth-order valence-electron chi connectivity index (χ4n) is 1.17. The second-order valence-electron chi connectivity index (χ2n) is 2.70. The van der Waals surface area contributed by atoms with Gasteiger partial charge in [0.2, 0.25) is 5.28 Å². The molecule has 3 nitrogen and oxygen atoms in total. The summed E-state index contributed by atoms with van der Waals surface area (Å²) in [6.07, 6.45) is 1.94. The van der Waals surface area contributed by atoms with E-state index in [1.54, 1.807) is 0 Å². The summed E-state index contributed by atoms with van der Waals surface area (Å²) in [7, 11) is 0. The number of carbonyl (C=O) groups excluding carboxylic acids is 1. The predicted molar refractivity (Wildman–Crippen MR) is 49.9 cm³/mol. The van der Waals surface area contributed by atoms with Crippen molar-refractivity contribution in [3.63, 3.8) is 0 Å². The third-order valence-corrected chi connectivity index (χ3v) is 1.95. The molecule has 0 fully saturated rings. The summed E-state index contributed by atoms with van der Waals surface area (Å²) in [5, 5.41) is 0.437. The van der Waals surface area contributed by atoms with Crippen molar-refractivity contribution < 1.29 is 9.18 Å². The topological polar surface area (TPSA) is 42.9 Å². The van der Waals surface area contributed by atoms with Crippen molar-refractivity contribution in [3.05, 3.63) is 35.0 Å². The fourth-order valence-corrected chi connectivity index (χ4v) is 1.30. The molecule has 70 valence electrons. The van der Waals surface area contributed by atoms with Crippen molar-refractivity contribution in [3.8, 4) is 0 Å². The number of aldehydes is 1. The minimum Gasteiger partial charge on any atom is -0.298 e. The summed E-state index contributed by atoms with van der Waals surface area (Å²) in [6.45, 7) is 0. The van der Waals surface area contributed by atoms with Crippen LogP contribution in [0.4, 0.5) is 4.39 Å². The number of rotatable bonds is 1. The number of nitrogens with zero attached hydrogens (tertiary/aromatic N) is 2. The highest BCUT2D eigenvalue weighted by Crippen LogP contribution is 2.17. The first-order chi connectivity index (χ1) is 6.70. The van der Waals surface area contributed by atoms with Crippen LogP contribution >= 0.6 is 11.6 Å². The van der Waals surface area contributed by atoms with Crippen LogP contribution < -0.4 is 0 Å². The largest absolute Gasteiger partial charge is 0.298 e. The number of carbonyl (C=O) groups is 1. The number of hydrogen-bond donors (Lipinski definition) is 0. The molecule has 0 aliphatic rings. The van der Waals surface area contributed by atoms with Gasteiger partial charge < -0.3 is 0 Å². The van der Waals surface area contributed by atoms with Crippen LogP contribution in [0.15, 0.2) is 18.3 Å². The van der Waals surface area contributed by atoms with Crippen molar-refractivity contribution in [2.24, 2.45) is 0 Å². The highest BCUT2D eigenvalue weighted by atomic mass is 35.5.